The molecule has 36 heavy (non-hydrogen) atoms. The number of amides is 1. The Morgan fingerprint density at radius 2 is 1.86 bits per heavy atom. The van der Waals surface area contributed by atoms with E-state index in [2.05, 4.69) is 45.8 Å². The summed E-state index contributed by atoms with van der Waals surface area (Å²) in [5.74, 6) is 0.416. The molecule has 1 unspecified atom stereocenters. The van der Waals surface area contributed by atoms with Gasteiger partial charge in [0.05, 0.1) is 12.4 Å². The van der Waals surface area contributed by atoms with Crippen LogP contribution in [0.1, 0.15) is 67.9 Å². The predicted molar refractivity (Wildman–Crippen MR) is 147 cm³/mol. The summed E-state index contributed by atoms with van der Waals surface area (Å²) < 4.78 is 14.9. The first-order chi connectivity index (χ1) is 17.0. The Morgan fingerprint density at radius 1 is 1.17 bits per heavy atom. The van der Waals surface area contributed by atoms with Gasteiger partial charge in [-0.3, -0.25) is 4.79 Å². The number of rotatable bonds is 11. The number of hydrogen-bond acceptors (Lipinski definition) is 4. The van der Waals surface area contributed by atoms with Crippen molar-refractivity contribution in [2.75, 3.05) is 0 Å². The zero-order valence-corrected chi connectivity index (χ0v) is 23.8. The van der Waals surface area contributed by atoms with Crippen LogP contribution in [0, 0.1) is 11.3 Å². The summed E-state index contributed by atoms with van der Waals surface area (Å²) in [6.45, 7) is 13.6. The van der Waals surface area contributed by atoms with E-state index in [-0.39, 0.29) is 29.2 Å². The lowest BCUT2D eigenvalue weighted by atomic mass is 9.75. The second-order valence-electron chi connectivity index (χ2n) is 10.5. The second-order valence-corrected chi connectivity index (χ2v) is 13.0. The molecule has 0 aliphatic rings. The van der Waals surface area contributed by atoms with E-state index in [9.17, 15) is 4.79 Å². The van der Waals surface area contributed by atoms with Gasteiger partial charge in [0.1, 0.15) is 18.1 Å². The molecule has 3 aromatic rings. The second kappa shape index (κ2) is 12.1. The third-order valence-corrected chi connectivity index (χ3v) is 7.56. The molecule has 0 bridgehead atoms. The van der Waals surface area contributed by atoms with E-state index >= 15 is 0 Å². The minimum absolute atomic E-state index is 0.00518. The van der Waals surface area contributed by atoms with Crippen LogP contribution >= 0.6 is 11.6 Å². The van der Waals surface area contributed by atoms with E-state index < -0.39 is 14.9 Å². The Hall–Kier alpha value is -2.61. The number of aromatic nitrogens is 2. The van der Waals surface area contributed by atoms with Crippen LogP contribution in [-0.2, 0) is 11.0 Å². The first-order valence-electron chi connectivity index (χ1n) is 12.2. The highest BCUT2D eigenvalue weighted by Gasteiger charge is 2.33. The number of imidazole rings is 1. The Kier molecular flexibility index (Phi) is 9.39. The molecule has 0 aliphatic heterocycles. The fourth-order valence-electron chi connectivity index (χ4n) is 4.18. The molecule has 2 aromatic carbocycles. The van der Waals surface area contributed by atoms with E-state index in [1.54, 1.807) is 12.5 Å². The Balaban J connectivity index is 1.99. The van der Waals surface area contributed by atoms with Crippen LogP contribution in [0.2, 0.25) is 18.1 Å². The van der Waals surface area contributed by atoms with Crippen molar-refractivity contribution in [3.63, 3.8) is 0 Å². The Bertz CT molecular complexity index is 1140. The third-order valence-electron chi connectivity index (χ3n) is 6.57. The molecule has 3 rings (SSSR count). The van der Waals surface area contributed by atoms with Crippen molar-refractivity contribution >= 4 is 26.5 Å². The third kappa shape index (κ3) is 7.45. The van der Waals surface area contributed by atoms with Crippen LogP contribution in [0.15, 0.2) is 61.1 Å². The van der Waals surface area contributed by atoms with Crippen LogP contribution in [-0.4, -0.2) is 24.5 Å². The normalized spacial score (nSPS) is 14.4. The standard InChI is InChI=1S/C28H37ClN3O3Si/c1-19(28(2,3)4)24(32-16-23(27(30)33)31-18-32)15-26(35-36(5)6)22-13-12-21(29)14-25(22)34-17-20-10-8-7-9-11-20/h7-14,16,18-19,24,26H,15,17H2,1-6H3,(H2,30,33)/t19-,24-,26?/m1/s1. The van der Waals surface area contributed by atoms with Gasteiger partial charge >= 0.3 is 0 Å². The van der Waals surface area contributed by atoms with Crippen LogP contribution in [0.3, 0.4) is 0 Å². The van der Waals surface area contributed by atoms with E-state index in [0.717, 1.165) is 11.1 Å². The zero-order chi connectivity index (χ0) is 26.5. The summed E-state index contributed by atoms with van der Waals surface area (Å²) >= 11 is 6.38. The lowest BCUT2D eigenvalue weighted by Gasteiger charge is -2.37. The van der Waals surface area contributed by atoms with Crippen LogP contribution in [0.5, 0.6) is 5.75 Å². The number of benzene rings is 2. The maximum Gasteiger partial charge on any atom is 0.268 e. The van der Waals surface area contributed by atoms with Gasteiger partial charge in [-0.15, -0.1) is 0 Å². The van der Waals surface area contributed by atoms with Crippen molar-refractivity contribution in [1.82, 2.24) is 9.55 Å². The molecule has 193 valence electrons. The molecule has 1 radical (unpaired) electrons. The monoisotopic (exact) mass is 526 g/mol. The molecule has 6 nitrogen and oxygen atoms in total. The van der Waals surface area contributed by atoms with E-state index in [1.165, 1.54) is 0 Å². The summed E-state index contributed by atoms with van der Waals surface area (Å²) in [5.41, 5.74) is 7.80. The lowest BCUT2D eigenvalue weighted by Crippen LogP contribution is -2.30. The van der Waals surface area contributed by atoms with Crippen LogP contribution < -0.4 is 10.5 Å². The van der Waals surface area contributed by atoms with Crippen molar-refractivity contribution in [1.29, 1.82) is 0 Å². The van der Waals surface area contributed by atoms with Gasteiger partial charge in [0.15, 0.2) is 0 Å². The van der Waals surface area contributed by atoms with Gasteiger partial charge in [-0.05, 0) is 48.5 Å². The molecule has 0 fully saturated rings. The largest absolute Gasteiger partial charge is 0.488 e. The molecular weight excluding hydrogens is 490 g/mol. The van der Waals surface area contributed by atoms with Gasteiger partial charge in [0, 0.05) is 22.8 Å². The molecule has 0 aliphatic carbocycles. The fraction of sp³-hybridized carbons (Fsp3) is 0.429. The van der Waals surface area contributed by atoms with Gasteiger partial charge in [0.2, 0.25) is 9.04 Å². The number of nitrogens with two attached hydrogens (primary N) is 1. The Morgan fingerprint density at radius 3 is 2.44 bits per heavy atom. The average molecular weight is 527 g/mol. The highest BCUT2D eigenvalue weighted by Crippen LogP contribution is 2.43. The summed E-state index contributed by atoms with van der Waals surface area (Å²) in [6.07, 6.45) is 3.88. The summed E-state index contributed by atoms with van der Waals surface area (Å²) in [7, 11) is -1.06. The maximum absolute atomic E-state index is 11.8. The summed E-state index contributed by atoms with van der Waals surface area (Å²) in [6, 6.07) is 15.8. The van der Waals surface area contributed by atoms with Gasteiger partial charge in [-0.25, -0.2) is 4.98 Å². The van der Waals surface area contributed by atoms with Crippen molar-refractivity contribution in [3.8, 4) is 5.75 Å². The van der Waals surface area contributed by atoms with Crippen LogP contribution in [0.25, 0.3) is 0 Å². The molecule has 0 saturated carbocycles. The van der Waals surface area contributed by atoms with E-state index in [1.807, 2.05) is 53.1 Å². The number of ether oxygens (including phenoxy) is 1. The number of carbonyl (C=O) groups excluding carboxylic acids is 1. The number of carbonyl (C=O) groups is 1. The molecule has 2 N–H and O–H groups in total. The van der Waals surface area contributed by atoms with Gasteiger partial charge in [0.25, 0.3) is 5.91 Å². The first-order valence-corrected chi connectivity index (χ1v) is 15.0. The van der Waals surface area contributed by atoms with Crippen molar-refractivity contribution in [2.45, 2.75) is 66.0 Å². The first kappa shape index (κ1) is 28.0. The number of halogens is 1. The predicted octanol–water partition coefficient (Wildman–Crippen LogP) is 6.84. The highest BCUT2D eigenvalue weighted by molar-refractivity contribution is 6.48. The van der Waals surface area contributed by atoms with Crippen LogP contribution in [0.4, 0.5) is 0 Å². The van der Waals surface area contributed by atoms with Crippen molar-refractivity contribution in [3.05, 3.63) is 82.9 Å². The number of primary amides is 1. The van der Waals surface area contributed by atoms with Gasteiger partial charge in [-0.1, -0.05) is 75.7 Å². The average Bonchev–Trinajstić information content (AvgIpc) is 3.30. The van der Waals surface area contributed by atoms with E-state index in [0.29, 0.717) is 23.8 Å². The minimum atomic E-state index is -1.06. The molecule has 8 heteroatoms. The van der Waals surface area contributed by atoms with Gasteiger partial charge < -0.3 is 19.5 Å². The van der Waals surface area contributed by atoms with E-state index in [4.69, 9.17) is 26.5 Å². The quantitative estimate of drug-likeness (QED) is 0.277. The summed E-state index contributed by atoms with van der Waals surface area (Å²) in [4.78, 5) is 16.0. The molecule has 0 saturated heterocycles. The molecule has 0 spiro atoms. The maximum atomic E-state index is 11.8. The lowest BCUT2D eigenvalue weighted by molar-refractivity contribution is 0.0995. The fourth-order valence-corrected chi connectivity index (χ4v) is 5.14. The minimum Gasteiger partial charge on any atom is -0.488 e. The SMILES string of the molecule is C[C@H]([C@@H](CC(O[Si](C)C)c1ccc(Cl)cc1OCc1ccccc1)n1cnc(C(N)=O)c1)C(C)(C)C. The molecule has 1 amide bonds. The molecule has 3 atom stereocenters. The summed E-state index contributed by atoms with van der Waals surface area (Å²) in [5, 5.41) is 0.611. The smallest absolute Gasteiger partial charge is 0.268 e. The highest BCUT2D eigenvalue weighted by atomic mass is 35.5. The zero-order valence-electron chi connectivity index (χ0n) is 22.0. The molecular formula is C28H37ClN3O3Si. The van der Waals surface area contributed by atoms with Crippen molar-refractivity contribution < 1.29 is 14.0 Å². The molecule has 1 heterocycles. The Labute approximate surface area is 221 Å². The number of nitrogens with zero attached hydrogens (tertiary/aromatic N) is 2. The number of hydrogen-bond donors (Lipinski definition) is 1. The molecule has 1 aromatic heterocycles. The van der Waals surface area contributed by atoms with Crippen molar-refractivity contribution in [2.24, 2.45) is 17.1 Å². The van der Waals surface area contributed by atoms with Gasteiger partial charge in [-0.2, -0.15) is 0 Å². The topological polar surface area (TPSA) is 79.4 Å².